The third-order valence-corrected chi connectivity index (χ3v) is 10.3. The molecule has 1 N–H and O–H groups in total. The number of carbonyl (C=O) groups is 1. The summed E-state index contributed by atoms with van der Waals surface area (Å²) in [6.07, 6.45) is 13.1. The molecule has 0 spiro atoms. The zero-order valence-corrected chi connectivity index (χ0v) is 24.4. The molecule has 6 rings (SSSR count). The fraction of sp³-hybridized carbons (Fsp3) is 0.562. The summed E-state index contributed by atoms with van der Waals surface area (Å²) >= 11 is 1.77. The molecule has 0 saturated heterocycles. The minimum Gasteiger partial charge on any atom is -0.495 e. The lowest BCUT2D eigenvalue weighted by molar-refractivity contribution is -0.124. The van der Waals surface area contributed by atoms with Crippen molar-refractivity contribution < 1.29 is 14.6 Å². The number of methoxy groups -OCH3 is 1. The van der Waals surface area contributed by atoms with Gasteiger partial charge in [-0.05, 0) is 107 Å². The molecule has 1 amide bonds. The largest absolute Gasteiger partial charge is 0.495 e. The first-order valence-corrected chi connectivity index (χ1v) is 15.7. The van der Waals surface area contributed by atoms with Crippen LogP contribution in [0.15, 0.2) is 36.7 Å². The highest BCUT2D eigenvalue weighted by atomic mass is 32.1. The van der Waals surface area contributed by atoms with Crippen molar-refractivity contribution in [2.75, 3.05) is 18.6 Å². The molecule has 3 saturated carbocycles. The smallest absolute Gasteiger partial charge is 0.231 e. The topological polar surface area (TPSA) is 88.4 Å². The van der Waals surface area contributed by atoms with Gasteiger partial charge in [-0.2, -0.15) is 0 Å². The highest BCUT2D eigenvalue weighted by molar-refractivity contribution is 7.15. The minimum atomic E-state index is -0.281. The van der Waals surface area contributed by atoms with Crippen molar-refractivity contribution in [3.05, 3.63) is 53.1 Å². The number of hydrogen-bond acceptors (Lipinski definition) is 7. The molecule has 0 bridgehead atoms. The van der Waals surface area contributed by atoms with Crippen LogP contribution in [0.5, 0.6) is 5.75 Å². The molecule has 40 heavy (non-hydrogen) atoms. The van der Waals surface area contributed by atoms with Crippen molar-refractivity contribution in [2.45, 2.75) is 89.1 Å². The zero-order chi connectivity index (χ0) is 27.6. The summed E-state index contributed by atoms with van der Waals surface area (Å²) in [7, 11) is 1.69. The minimum absolute atomic E-state index is 0.0541. The standard InChI is InChI=1S/C32H40N4O3S/c1-20-28(39-2)14-13-27(35-20)22-5-3-21(4-6-22)19-36(32(38)24-9-11-26(37)12-10-24)30-17-25(15-16-33-30)29-18-34-31(40-29)23-7-8-23/h13-18,21-24,26,37H,3-12,19H2,1-2H3/t21-,22-,24-,26-. The van der Waals surface area contributed by atoms with E-state index in [1.54, 1.807) is 18.4 Å². The molecule has 212 valence electrons. The summed E-state index contributed by atoms with van der Waals surface area (Å²) in [5.41, 5.74) is 3.17. The van der Waals surface area contributed by atoms with Gasteiger partial charge in [-0.15, -0.1) is 11.3 Å². The monoisotopic (exact) mass is 560 g/mol. The predicted molar refractivity (Wildman–Crippen MR) is 158 cm³/mol. The third kappa shape index (κ3) is 6.08. The van der Waals surface area contributed by atoms with Gasteiger partial charge in [0.25, 0.3) is 0 Å². The molecule has 0 atom stereocenters. The first-order chi connectivity index (χ1) is 19.5. The number of aliphatic hydroxyl groups is 1. The van der Waals surface area contributed by atoms with E-state index < -0.39 is 0 Å². The molecule has 3 heterocycles. The number of carbonyl (C=O) groups excluding carboxylic acids is 1. The second-order valence-corrected chi connectivity index (χ2v) is 13.0. The van der Waals surface area contributed by atoms with Crippen molar-refractivity contribution in [1.29, 1.82) is 0 Å². The van der Waals surface area contributed by atoms with Crippen molar-refractivity contribution >= 4 is 23.1 Å². The Morgan fingerprint density at radius 1 is 1.00 bits per heavy atom. The molecular formula is C32H40N4O3S. The maximum atomic E-state index is 14.0. The summed E-state index contributed by atoms with van der Waals surface area (Å²) in [5.74, 6) is 3.17. The normalized spacial score (nSPS) is 25.0. The number of rotatable bonds is 8. The molecule has 0 aromatic carbocycles. The van der Waals surface area contributed by atoms with Gasteiger partial charge in [-0.1, -0.05) is 0 Å². The van der Waals surface area contributed by atoms with Crippen molar-refractivity contribution in [2.24, 2.45) is 11.8 Å². The highest BCUT2D eigenvalue weighted by Gasteiger charge is 2.33. The van der Waals surface area contributed by atoms with E-state index in [0.29, 0.717) is 37.1 Å². The molecule has 3 aromatic rings. The lowest BCUT2D eigenvalue weighted by atomic mass is 9.79. The van der Waals surface area contributed by atoms with Gasteiger partial charge in [0.15, 0.2) is 0 Å². The number of aryl methyl sites for hydroxylation is 1. The highest BCUT2D eigenvalue weighted by Crippen LogP contribution is 2.44. The molecule has 3 aromatic heterocycles. The van der Waals surface area contributed by atoms with E-state index in [0.717, 1.165) is 71.9 Å². The summed E-state index contributed by atoms with van der Waals surface area (Å²) < 4.78 is 5.40. The van der Waals surface area contributed by atoms with E-state index in [1.165, 1.54) is 17.8 Å². The van der Waals surface area contributed by atoms with E-state index in [2.05, 4.69) is 17.1 Å². The Bertz CT molecular complexity index is 1320. The van der Waals surface area contributed by atoms with E-state index in [4.69, 9.17) is 14.7 Å². The van der Waals surface area contributed by atoms with Crippen molar-refractivity contribution in [1.82, 2.24) is 15.0 Å². The van der Waals surface area contributed by atoms with Crippen LogP contribution in [-0.2, 0) is 4.79 Å². The van der Waals surface area contributed by atoms with E-state index in [9.17, 15) is 9.90 Å². The van der Waals surface area contributed by atoms with E-state index in [-0.39, 0.29) is 17.9 Å². The van der Waals surface area contributed by atoms with Crippen LogP contribution in [0, 0.1) is 18.8 Å². The number of ether oxygens (including phenoxy) is 1. The van der Waals surface area contributed by atoms with Crippen LogP contribution >= 0.6 is 11.3 Å². The van der Waals surface area contributed by atoms with E-state index >= 15 is 0 Å². The SMILES string of the molecule is COc1ccc([C@H]2CC[C@H](CN(c3cc(-c4cnc(C5CC5)s4)ccn3)C(=O)[C@H]3CC[C@H](O)CC3)CC2)nc1C. The fourth-order valence-corrected chi connectivity index (χ4v) is 7.49. The molecule has 7 nitrogen and oxygen atoms in total. The average Bonchev–Trinajstić information content (AvgIpc) is 3.72. The van der Waals surface area contributed by atoms with Gasteiger partial charge in [-0.25, -0.2) is 9.97 Å². The summed E-state index contributed by atoms with van der Waals surface area (Å²) in [6.45, 7) is 2.69. The predicted octanol–water partition coefficient (Wildman–Crippen LogP) is 6.65. The molecule has 3 aliphatic rings. The van der Waals surface area contributed by atoms with Crippen LogP contribution in [0.3, 0.4) is 0 Å². The van der Waals surface area contributed by atoms with Gasteiger partial charge >= 0.3 is 0 Å². The van der Waals surface area contributed by atoms with Gasteiger partial charge in [0.05, 0.1) is 28.8 Å². The van der Waals surface area contributed by atoms with Gasteiger partial charge in [0.1, 0.15) is 11.6 Å². The molecular weight excluding hydrogens is 520 g/mol. The van der Waals surface area contributed by atoms with Gasteiger partial charge in [0, 0.05) is 42.4 Å². The molecule has 0 radical (unpaired) electrons. The second-order valence-electron chi connectivity index (χ2n) is 11.9. The number of pyridine rings is 2. The fourth-order valence-electron chi connectivity index (χ4n) is 6.41. The maximum absolute atomic E-state index is 14.0. The molecule has 3 fully saturated rings. The number of aromatic nitrogens is 3. The third-order valence-electron chi connectivity index (χ3n) is 9.05. The van der Waals surface area contributed by atoms with Gasteiger partial charge in [0.2, 0.25) is 5.91 Å². The van der Waals surface area contributed by atoms with Crippen LogP contribution in [-0.4, -0.2) is 45.7 Å². The van der Waals surface area contributed by atoms with E-state index in [1.807, 2.05) is 36.4 Å². The molecule has 0 aliphatic heterocycles. The first kappa shape index (κ1) is 27.3. The Labute approximate surface area is 241 Å². The molecule has 8 heteroatoms. The van der Waals surface area contributed by atoms with Crippen LogP contribution in [0.1, 0.15) is 92.4 Å². The number of nitrogens with zero attached hydrogens (tertiary/aromatic N) is 4. The maximum Gasteiger partial charge on any atom is 0.231 e. The van der Waals surface area contributed by atoms with Crippen molar-refractivity contribution in [3.63, 3.8) is 0 Å². The van der Waals surface area contributed by atoms with Crippen molar-refractivity contribution in [3.8, 4) is 16.2 Å². The summed E-state index contributed by atoms with van der Waals surface area (Å²) in [6, 6.07) is 8.24. The summed E-state index contributed by atoms with van der Waals surface area (Å²) in [5, 5.41) is 11.3. The molecule has 0 unspecified atom stereocenters. The average molecular weight is 561 g/mol. The van der Waals surface area contributed by atoms with Crippen LogP contribution in [0.2, 0.25) is 0 Å². The number of aliphatic hydroxyl groups excluding tert-OH is 1. The van der Waals surface area contributed by atoms with Crippen LogP contribution in [0.25, 0.3) is 10.4 Å². The Kier molecular flexibility index (Phi) is 8.17. The quantitative estimate of drug-likeness (QED) is 0.332. The van der Waals surface area contributed by atoms with Crippen LogP contribution < -0.4 is 9.64 Å². The van der Waals surface area contributed by atoms with Crippen LogP contribution in [0.4, 0.5) is 5.82 Å². The first-order valence-electron chi connectivity index (χ1n) is 14.9. The summed E-state index contributed by atoms with van der Waals surface area (Å²) in [4.78, 5) is 31.3. The number of hydrogen-bond donors (Lipinski definition) is 1. The lowest BCUT2D eigenvalue weighted by Crippen LogP contribution is -2.42. The lowest BCUT2D eigenvalue weighted by Gasteiger charge is -2.35. The van der Waals surface area contributed by atoms with Gasteiger partial charge < -0.3 is 9.84 Å². The second kappa shape index (κ2) is 12.0. The number of anilines is 1. The van der Waals surface area contributed by atoms with Gasteiger partial charge in [-0.3, -0.25) is 14.7 Å². The Morgan fingerprint density at radius 3 is 2.45 bits per heavy atom. The Morgan fingerprint density at radius 2 is 1.75 bits per heavy atom. The Hall–Kier alpha value is -2.84. The number of amides is 1. The number of thiazole rings is 1. The zero-order valence-electron chi connectivity index (χ0n) is 23.6. The Balaban J connectivity index is 1.19. The molecule has 3 aliphatic carbocycles.